The van der Waals surface area contributed by atoms with E-state index in [4.69, 9.17) is 4.74 Å². The number of piperidine rings is 1. The molecule has 2 amide bonds. The number of benzene rings is 1. The average Bonchev–Trinajstić information content (AvgIpc) is 2.73. The summed E-state index contributed by atoms with van der Waals surface area (Å²) in [5.74, 6) is 1.50. The smallest absolute Gasteiger partial charge is 0.223 e. The minimum atomic E-state index is 0.199. The van der Waals surface area contributed by atoms with E-state index in [0.717, 1.165) is 50.9 Å². The van der Waals surface area contributed by atoms with Gasteiger partial charge in [0.1, 0.15) is 5.75 Å². The first-order valence-electron chi connectivity index (χ1n) is 10.9. The van der Waals surface area contributed by atoms with E-state index in [0.29, 0.717) is 13.0 Å². The van der Waals surface area contributed by atoms with Gasteiger partial charge in [-0.05, 0) is 51.2 Å². The Morgan fingerprint density at radius 1 is 1.04 bits per heavy atom. The van der Waals surface area contributed by atoms with Gasteiger partial charge in [0, 0.05) is 31.5 Å². The van der Waals surface area contributed by atoms with Crippen LogP contribution in [0.15, 0.2) is 24.3 Å². The second-order valence-corrected chi connectivity index (χ2v) is 8.26. The van der Waals surface area contributed by atoms with Gasteiger partial charge in [-0.15, -0.1) is 0 Å². The van der Waals surface area contributed by atoms with Gasteiger partial charge in [-0.1, -0.05) is 37.0 Å². The predicted octanol–water partition coefficient (Wildman–Crippen LogP) is 3.84. The molecule has 1 aromatic rings. The van der Waals surface area contributed by atoms with Crippen LogP contribution in [0.5, 0.6) is 5.75 Å². The highest BCUT2D eigenvalue weighted by Crippen LogP contribution is 2.24. The van der Waals surface area contributed by atoms with E-state index in [9.17, 15) is 9.59 Å². The zero-order valence-corrected chi connectivity index (χ0v) is 17.1. The fraction of sp³-hybridized carbons (Fsp3) is 0.652. The lowest BCUT2D eigenvalue weighted by Crippen LogP contribution is -2.48. The molecule has 0 spiro atoms. The number of hydrogen-bond donors (Lipinski definition) is 1. The Balaban J connectivity index is 1.30. The van der Waals surface area contributed by atoms with E-state index < -0.39 is 0 Å². The molecule has 154 valence electrons. The normalized spacial score (nSPS) is 18.7. The number of carbonyl (C=O) groups excluding carboxylic acids is 2. The largest absolute Gasteiger partial charge is 0.494 e. The number of nitrogens with one attached hydrogen (secondary N) is 1. The fourth-order valence-corrected chi connectivity index (χ4v) is 4.16. The Morgan fingerprint density at radius 3 is 2.39 bits per heavy atom. The third kappa shape index (κ3) is 6.25. The van der Waals surface area contributed by atoms with Crippen LogP contribution in [0.4, 0.5) is 0 Å². The molecule has 0 atom stereocenters. The van der Waals surface area contributed by atoms with Crippen LogP contribution in [0, 0.1) is 12.8 Å². The molecule has 1 saturated heterocycles. The molecule has 2 fully saturated rings. The van der Waals surface area contributed by atoms with Gasteiger partial charge in [0.15, 0.2) is 0 Å². The van der Waals surface area contributed by atoms with Crippen LogP contribution < -0.4 is 10.1 Å². The molecule has 1 N–H and O–H groups in total. The van der Waals surface area contributed by atoms with Crippen molar-refractivity contribution in [2.45, 2.75) is 70.8 Å². The van der Waals surface area contributed by atoms with E-state index in [-0.39, 0.29) is 23.8 Å². The maximum Gasteiger partial charge on any atom is 0.223 e. The van der Waals surface area contributed by atoms with Crippen LogP contribution in [0.25, 0.3) is 0 Å². The Kier molecular flexibility index (Phi) is 7.75. The number of nitrogens with zero attached hydrogens (tertiary/aromatic N) is 1. The van der Waals surface area contributed by atoms with Gasteiger partial charge in [-0.2, -0.15) is 0 Å². The summed E-state index contributed by atoms with van der Waals surface area (Å²) in [4.78, 5) is 26.7. The van der Waals surface area contributed by atoms with Gasteiger partial charge in [-0.25, -0.2) is 0 Å². The van der Waals surface area contributed by atoms with Gasteiger partial charge in [0.05, 0.1) is 6.61 Å². The average molecular weight is 387 g/mol. The van der Waals surface area contributed by atoms with Crippen LogP contribution in [-0.2, 0) is 9.59 Å². The number of rotatable bonds is 7. The molecule has 1 saturated carbocycles. The Bertz CT molecular complexity index is 630. The summed E-state index contributed by atoms with van der Waals surface area (Å²) in [6, 6.07) is 8.20. The third-order valence-corrected chi connectivity index (χ3v) is 5.99. The molecular formula is C23H34N2O3. The van der Waals surface area contributed by atoms with E-state index in [2.05, 4.69) is 5.32 Å². The number of hydrogen-bond acceptors (Lipinski definition) is 3. The molecule has 0 radical (unpaired) electrons. The molecule has 1 aliphatic carbocycles. The molecular weight excluding hydrogens is 352 g/mol. The SMILES string of the molecule is Cc1ccc(OCCCC(=O)N2CCC(NC(=O)C3CCCCC3)CC2)cc1. The molecule has 0 bridgehead atoms. The molecule has 1 aliphatic heterocycles. The summed E-state index contributed by atoms with van der Waals surface area (Å²) in [5, 5.41) is 3.23. The van der Waals surface area contributed by atoms with Gasteiger partial charge in [0.25, 0.3) is 0 Å². The van der Waals surface area contributed by atoms with Gasteiger partial charge in [0.2, 0.25) is 11.8 Å². The van der Waals surface area contributed by atoms with E-state index in [1.165, 1.54) is 24.8 Å². The quantitative estimate of drug-likeness (QED) is 0.724. The number of likely N-dealkylation sites (tertiary alicyclic amines) is 1. The second kappa shape index (κ2) is 10.5. The number of carbonyl (C=O) groups is 2. The maximum atomic E-state index is 12.4. The van der Waals surface area contributed by atoms with Crippen LogP contribution in [0.3, 0.4) is 0 Å². The maximum absolute atomic E-state index is 12.4. The van der Waals surface area contributed by atoms with Gasteiger partial charge >= 0.3 is 0 Å². The molecule has 3 rings (SSSR count). The van der Waals surface area contributed by atoms with Gasteiger partial charge in [-0.3, -0.25) is 9.59 Å². The lowest BCUT2D eigenvalue weighted by Gasteiger charge is -2.33. The number of ether oxygens (including phenoxy) is 1. The first kappa shape index (κ1) is 20.7. The predicted molar refractivity (Wildman–Crippen MR) is 110 cm³/mol. The summed E-state index contributed by atoms with van der Waals surface area (Å²) in [5.41, 5.74) is 1.21. The van der Waals surface area contributed by atoms with Crippen molar-refractivity contribution in [1.29, 1.82) is 0 Å². The Labute approximate surface area is 168 Å². The molecule has 28 heavy (non-hydrogen) atoms. The first-order valence-corrected chi connectivity index (χ1v) is 10.9. The monoisotopic (exact) mass is 386 g/mol. The van der Waals surface area contributed by atoms with Crippen LogP contribution in [0.1, 0.15) is 63.4 Å². The van der Waals surface area contributed by atoms with E-state index in [1.54, 1.807) is 0 Å². The highest BCUT2D eigenvalue weighted by Gasteiger charge is 2.27. The van der Waals surface area contributed by atoms with Crippen molar-refractivity contribution in [3.05, 3.63) is 29.8 Å². The fourth-order valence-electron chi connectivity index (χ4n) is 4.16. The topological polar surface area (TPSA) is 58.6 Å². The van der Waals surface area contributed by atoms with Crippen molar-refractivity contribution in [3.8, 4) is 5.75 Å². The summed E-state index contributed by atoms with van der Waals surface area (Å²) in [6.07, 6.45) is 8.67. The highest BCUT2D eigenvalue weighted by atomic mass is 16.5. The van der Waals surface area contributed by atoms with Crippen molar-refractivity contribution in [1.82, 2.24) is 10.2 Å². The van der Waals surface area contributed by atoms with Crippen LogP contribution in [-0.4, -0.2) is 42.5 Å². The second-order valence-electron chi connectivity index (χ2n) is 8.26. The minimum absolute atomic E-state index is 0.199. The zero-order chi connectivity index (χ0) is 19.8. The van der Waals surface area contributed by atoms with Crippen LogP contribution in [0.2, 0.25) is 0 Å². The van der Waals surface area contributed by atoms with Crippen molar-refractivity contribution in [2.75, 3.05) is 19.7 Å². The number of amides is 2. The van der Waals surface area contributed by atoms with E-state index >= 15 is 0 Å². The standard InChI is InChI=1S/C23H34N2O3/c1-18-9-11-21(12-10-18)28-17-5-8-22(26)25-15-13-20(14-16-25)24-23(27)19-6-3-2-4-7-19/h9-12,19-20H,2-8,13-17H2,1H3,(H,24,27). The van der Waals surface area contributed by atoms with Crippen LogP contribution >= 0.6 is 0 Å². The zero-order valence-electron chi connectivity index (χ0n) is 17.1. The molecule has 0 unspecified atom stereocenters. The van der Waals surface area contributed by atoms with Crippen molar-refractivity contribution >= 4 is 11.8 Å². The Hall–Kier alpha value is -2.04. The summed E-state index contributed by atoms with van der Waals surface area (Å²) < 4.78 is 5.70. The van der Waals surface area contributed by atoms with Crippen molar-refractivity contribution in [2.24, 2.45) is 5.92 Å². The lowest BCUT2D eigenvalue weighted by molar-refractivity contribution is -0.132. The summed E-state index contributed by atoms with van der Waals surface area (Å²) in [6.45, 7) is 4.09. The third-order valence-electron chi connectivity index (χ3n) is 5.99. The molecule has 0 aromatic heterocycles. The van der Waals surface area contributed by atoms with Gasteiger partial charge < -0.3 is 15.0 Å². The van der Waals surface area contributed by atoms with Crippen molar-refractivity contribution in [3.63, 3.8) is 0 Å². The minimum Gasteiger partial charge on any atom is -0.494 e. The lowest BCUT2D eigenvalue weighted by atomic mass is 9.88. The highest BCUT2D eigenvalue weighted by molar-refractivity contribution is 5.79. The van der Waals surface area contributed by atoms with Crippen molar-refractivity contribution < 1.29 is 14.3 Å². The molecule has 1 aromatic carbocycles. The molecule has 5 heteroatoms. The molecule has 1 heterocycles. The summed E-state index contributed by atoms with van der Waals surface area (Å²) >= 11 is 0. The first-order chi connectivity index (χ1) is 13.6. The Morgan fingerprint density at radius 2 is 1.71 bits per heavy atom. The van der Waals surface area contributed by atoms with E-state index in [1.807, 2.05) is 36.1 Å². The number of aryl methyl sites for hydroxylation is 1. The molecule has 2 aliphatic rings. The molecule has 5 nitrogen and oxygen atoms in total. The summed E-state index contributed by atoms with van der Waals surface area (Å²) in [7, 11) is 0.